The van der Waals surface area contributed by atoms with E-state index in [-0.39, 0.29) is 12.5 Å². The zero-order valence-electron chi connectivity index (χ0n) is 19.9. The molecule has 0 aliphatic rings. The first kappa shape index (κ1) is 25.9. The number of nitrogens with zero attached hydrogens (tertiary/aromatic N) is 3. The molecule has 0 atom stereocenters. The number of ether oxygens (including phenoxy) is 2. The first-order valence-electron chi connectivity index (χ1n) is 11.0. The maximum atomic E-state index is 13.0. The number of aromatic nitrogens is 3. The number of amides is 1. The van der Waals surface area contributed by atoms with E-state index in [2.05, 4.69) is 34.6 Å². The summed E-state index contributed by atoms with van der Waals surface area (Å²) in [5.41, 5.74) is 3.39. The summed E-state index contributed by atoms with van der Waals surface area (Å²) in [7, 11) is 3.05. The molecule has 36 heavy (non-hydrogen) atoms. The van der Waals surface area contributed by atoms with Gasteiger partial charge in [0.15, 0.2) is 11.0 Å². The van der Waals surface area contributed by atoms with Crippen molar-refractivity contribution < 1.29 is 14.3 Å². The molecule has 0 bridgehead atoms. The summed E-state index contributed by atoms with van der Waals surface area (Å²) in [6.07, 6.45) is 0. The Bertz CT molecular complexity index is 1390. The third-order valence-electron chi connectivity index (χ3n) is 5.53. The number of benzene rings is 3. The number of carbonyl (C=O) groups excluding carboxylic acids is 1. The van der Waals surface area contributed by atoms with Crippen LogP contribution in [0.3, 0.4) is 0 Å². The lowest BCUT2D eigenvalue weighted by Gasteiger charge is -2.14. The Morgan fingerprint density at radius 1 is 1.03 bits per heavy atom. The molecule has 0 aliphatic carbocycles. The van der Waals surface area contributed by atoms with Gasteiger partial charge in [0.2, 0.25) is 0 Å². The Morgan fingerprint density at radius 2 is 1.83 bits per heavy atom. The van der Waals surface area contributed by atoms with Gasteiger partial charge in [0.05, 0.1) is 37.0 Å². The summed E-state index contributed by atoms with van der Waals surface area (Å²) < 4.78 is 12.4. The standard InChI is InChI=1S/C26H24Cl2N4O3S/c1-16-6-4-5-7-17(16)15-36-26-31-30-24(32(26)22-12-18(27)8-11-21(22)28)14-29-25(33)20-10-9-19(34-2)13-23(20)35-3/h4-13H,14-15H2,1-3H3,(H,29,33). The van der Waals surface area contributed by atoms with E-state index < -0.39 is 0 Å². The number of thioether (sulfide) groups is 1. The predicted octanol–water partition coefficient (Wildman–Crippen LogP) is 6.12. The molecule has 4 aromatic rings. The summed E-state index contributed by atoms with van der Waals surface area (Å²) >= 11 is 14.4. The molecule has 0 aliphatic heterocycles. The Kier molecular flexibility index (Phi) is 8.40. The van der Waals surface area contributed by atoms with Gasteiger partial charge in [0, 0.05) is 16.8 Å². The molecule has 1 heterocycles. The van der Waals surface area contributed by atoms with Gasteiger partial charge in [-0.25, -0.2) is 0 Å². The summed E-state index contributed by atoms with van der Waals surface area (Å²) in [6, 6.07) is 18.4. The van der Waals surface area contributed by atoms with Crippen LogP contribution in [0.15, 0.2) is 65.8 Å². The lowest BCUT2D eigenvalue weighted by molar-refractivity contribution is 0.0946. The number of hydrogen-bond acceptors (Lipinski definition) is 6. The molecule has 0 radical (unpaired) electrons. The molecule has 0 saturated carbocycles. The average Bonchev–Trinajstić information content (AvgIpc) is 3.30. The molecular weight excluding hydrogens is 519 g/mol. The molecule has 0 spiro atoms. The minimum Gasteiger partial charge on any atom is -0.497 e. The van der Waals surface area contributed by atoms with Crippen molar-refractivity contribution in [1.29, 1.82) is 0 Å². The second kappa shape index (κ2) is 11.7. The van der Waals surface area contributed by atoms with E-state index in [9.17, 15) is 4.79 Å². The van der Waals surface area contributed by atoms with Crippen molar-refractivity contribution in [3.8, 4) is 17.2 Å². The SMILES string of the molecule is COc1ccc(C(=O)NCc2nnc(SCc3ccccc3C)n2-c2cc(Cl)ccc2Cl)c(OC)c1. The molecule has 3 aromatic carbocycles. The second-order valence-electron chi connectivity index (χ2n) is 7.79. The third-order valence-corrected chi connectivity index (χ3v) is 7.06. The minimum absolute atomic E-state index is 0.106. The fourth-order valence-corrected chi connectivity index (χ4v) is 4.97. The van der Waals surface area contributed by atoms with Crippen molar-refractivity contribution in [3.05, 3.63) is 93.2 Å². The number of halogens is 2. The van der Waals surface area contributed by atoms with Crippen molar-refractivity contribution in [3.63, 3.8) is 0 Å². The van der Waals surface area contributed by atoms with Crippen LogP contribution in [-0.2, 0) is 12.3 Å². The molecule has 1 amide bonds. The quantitative estimate of drug-likeness (QED) is 0.256. The molecule has 4 rings (SSSR count). The molecule has 10 heteroatoms. The van der Waals surface area contributed by atoms with E-state index in [4.69, 9.17) is 32.7 Å². The highest BCUT2D eigenvalue weighted by molar-refractivity contribution is 7.98. The van der Waals surface area contributed by atoms with Crippen LogP contribution in [0.1, 0.15) is 27.3 Å². The number of methoxy groups -OCH3 is 2. The Balaban J connectivity index is 1.62. The Hall–Kier alpha value is -3.20. The van der Waals surface area contributed by atoms with Crippen LogP contribution in [0.4, 0.5) is 0 Å². The summed E-state index contributed by atoms with van der Waals surface area (Å²) in [6.45, 7) is 2.18. The summed E-state index contributed by atoms with van der Waals surface area (Å²) in [5, 5.41) is 13.3. The number of aryl methyl sites for hydroxylation is 1. The highest BCUT2D eigenvalue weighted by Gasteiger charge is 2.20. The summed E-state index contributed by atoms with van der Waals surface area (Å²) in [5.74, 6) is 1.87. The number of nitrogens with one attached hydrogen (secondary N) is 1. The van der Waals surface area contributed by atoms with Gasteiger partial charge in [-0.1, -0.05) is 59.2 Å². The van der Waals surface area contributed by atoms with Crippen molar-refractivity contribution in [2.45, 2.75) is 24.4 Å². The van der Waals surface area contributed by atoms with E-state index in [0.29, 0.717) is 49.5 Å². The number of rotatable bonds is 9. The molecule has 1 N–H and O–H groups in total. The largest absolute Gasteiger partial charge is 0.497 e. The van der Waals surface area contributed by atoms with Gasteiger partial charge in [-0.15, -0.1) is 10.2 Å². The zero-order valence-corrected chi connectivity index (χ0v) is 22.2. The van der Waals surface area contributed by atoms with Crippen LogP contribution >= 0.6 is 35.0 Å². The van der Waals surface area contributed by atoms with Gasteiger partial charge in [0.1, 0.15) is 11.5 Å². The second-order valence-corrected chi connectivity index (χ2v) is 9.58. The van der Waals surface area contributed by atoms with Crippen molar-refractivity contribution in [2.75, 3.05) is 14.2 Å². The molecular formula is C26H24Cl2N4O3S. The first-order valence-corrected chi connectivity index (χ1v) is 12.7. The normalized spacial score (nSPS) is 10.8. The lowest BCUT2D eigenvalue weighted by atomic mass is 10.1. The van der Waals surface area contributed by atoms with Gasteiger partial charge in [-0.3, -0.25) is 9.36 Å². The van der Waals surface area contributed by atoms with E-state index in [1.54, 1.807) is 43.5 Å². The maximum absolute atomic E-state index is 13.0. The molecule has 1 aromatic heterocycles. The zero-order chi connectivity index (χ0) is 25.7. The van der Waals surface area contributed by atoms with E-state index >= 15 is 0 Å². The topological polar surface area (TPSA) is 78.3 Å². The van der Waals surface area contributed by atoms with Gasteiger partial charge in [0.25, 0.3) is 5.91 Å². The fourth-order valence-electron chi connectivity index (χ4n) is 3.56. The molecule has 186 valence electrons. The highest BCUT2D eigenvalue weighted by Crippen LogP contribution is 2.31. The van der Waals surface area contributed by atoms with E-state index in [0.717, 1.165) is 0 Å². The maximum Gasteiger partial charge on any atom is 0.255 e. The molecule has 0 unspecified atom stereocenters. The van der Waals surface area contributed by atoms with Crippen molar-refractivity contribution >= 4 is 40.9 Å². The Labute approximate surface area is 223 Å². The van der Waals surface area contributed by atoms with Gasteiger partial charge >= 0.3 is 0 Å². The van der Waals surface area contributed by atoms with Crippen LogP contribution in [0.5, 0.6) is 11.5 Å². The molecule has 0 saturated heterocycles. The predicted molar refractivity (Wildman–Crippen MR) is 143 cm³/mol. The highest BCUT2D eigenvalue weighted by atomic mass is 35.5. The third kappa shape index (κ3) is 5.78. The Morgan fingerprint density at radius 3 is 2.58 bits per heavy atom. The number of hydrogen-bond donors (Lipinski definition) is 1. The van der Waals surface area contributed by atoms with Crippen LogP contribution in [0, 0.1) is 6.92 Å². The lowest BCUT2D eigenvalue weighted by Crippen LogP contribution is -2.25. The monoisotopic (exact) mass is 542 g/mol. The van der Waals surface area contributed by atoms with Gasteiger partial charge in [-0.05, 0) is 48.4 Å². The van der Waals surface area contributed by atoms with E-state index in [1.807, 2.05) is 16.7 Å². The van der Waals surface area contributed by atoms with Gasteiger partial charge in [-0.2, -0.15) is 0 Å². The average molecular weight is 543 g/mol. The minimum atomic E-state index is -0.324. The molecule has 7 nitrogen and oxygen atoms in total. The van der Waals surface area contributed by atoms with Crippen molar-refractivity contribution in [2.24, 2.45) is 0 Å². The molecule has 0 fully saturated rings. The van der Waals surface area contributed by atoms with Crippen LogP contribution in [0.2, 0.25) is 10.0 Å². The van der Waals surface area contributed by atoms with Crippen molar-refractivity contribution in [1.82, 2.24) is 20.1 Å². The van der Waals surface area contributed by atoms with E-state index in [1.165, 1.54) is 30.0 Å². The van der Waals surface area contributed by atoms with Crippen LogP contribution in [0.25, 0.3) is 5.69 Å². The van der Waals surface area contributed by atoms with Gasteiger partial charge < -0.3 is 14.8 Å². The van der Waals surface area contributed by atoms with Crippen LogP contribution in [-0.4, -0.2) is 34.9 Å². The summed E-state index contributed by atoms with van der Waals surface area (Å²) in [4.78, 5) is 13.0. The first-order chi connectivity index (χ1) is 17.4. The van der Waals surface area contributed by atoms with Crippen LogP contribution < -0.4 is 14.8 Å². The fraction of sp³-hybridized carbons (Fsp3) is 0.192. The number of carbonyl (C=O) groups is 1. The smallest absolute Gasteiger partial charge is 0.255 e.